The zero-order valence-corrected chi connectivity index (χ0v) is 10.4. The Hall–Kier alpha value is -1.81. The Bertz CT molecular complexity index is 564. The van der Waals surface area contributed by atoms with Gasteiger partial charge in [0.25, 0.3) is 0 Å². The van der Waals surface area contributed by atoms with Crippen LogP contribution in [0.15, 0.2) is 46.9 Å². The molecule has 2 aromatic rings. The number of rotatable bonds is 2. The fourth-order valence-electron chi connectivity index (χ4n) is 1.51. The molecule has 0 saturated carbocycles. The lowest BCUT2D eigenvalue weighted by Crippen LogP contribution is -2.04. The van der Waals surface area contributed by atoms with E-state index in [4.69, 9.17) is 5.73 Å². The molecule has 0 saturated heterocycles. The number of nitrogen functional groups attached to an aromatic ring is 1. The van der Waals surface area contributed by atoms with Gasteiger partial charge in [0.15, 0.2) is 5.78 Å². The summed E-state index contributed by atoms with van der Waals surface area (Å²) in [7, 11) is 0. The van der Waals surface area contributed by atoms with Crippen LogP contribution in [-0.2, 0) is 0 Å². The number of anilines is 1. The number of hydrogen-bond donors (Lipinski definition) is 2. The summed E-state index contributed by atoms with van der Waals surface area (Å²) in [5.74, 6) is -0.107. The number of benzene rings is 2. The number of phenols is 1. The summed E-state index contributed by atoms with van der Waals surface area (Å²) >= 11 is 3.31. The number of carbonyl (C=O) groups is 1. The molecule has 3 nitrogen and oxygen atoms in total. The Labute approximate surface area is 107 Å². The minimum Gasteiger partial charge on any atom is -0.508 e. The second-order valence-corrected chi connectivity index (χ2v) is 4.52. The Morgan fingerprint density at radius 1 is 1.12 bits per heavy atom. The van der Waals surface area contributed by atoms with Crippen LogP contribution >= 0.6 is 15.9 Å². The first kappa shape index (κ1) is 11.7. The van der Waals surface area contributed by atoms with Gasteiger partial charge in [0, 0.05) is 27.4 Å². The van der Waals surface area contributed by atoms with E-state index in [1.165, 1.54) is 18.2 Å². The van der Waals surface area contributed by atoms with E-state index < -0.39 is 0 Å². The lowest BCUT2D eigenvalue weighted by molar-refractivity contribution is 0.103. The van der Waals surface area contributed by atoms with Gasteiger partial charge in [-0.05, 0) is 36.4 Å². The molecule has 86 valence electrons. The van der Waals surface area contributed by atoms with E-state index in [0.29, 0.717) is 11.1 Å². The molecule has 0 radical (unpaired) electrons. The third-order valence-electron chi connectivity index (χ3n) is 2.39. The van der Waals surface area contributed by atoms with E-state index in [1.54, 1.807) is 24.3 Å². The van der Waals surface area contributed by atoms with Crippen molar-refractivity contribution >= 4 is 27.4 Å². The van der Waals surface area contributed by atoms with Crippen molar-refractivity contribution in [3.05, 3.63) is 58.1 Å². The first-order valence-electron chi connectivity index (χ1n) is 4.96. The van der Waals surface area contributed by atoms with Crippen molar-refractivity contribution in [3.8, 4) is 5.75 Å². The van der Waals surface area contributed by atoms with Crippen molar-refractivity contribution < 1.29 is 9.90 Å². The molecule has 0 aliphatic rings. The molecule has 0 aromatic heterocycles. The predicted octanol–water partition coefficient (Wildman–Crippen LogP) is 2.97. The van der Waals surface area contributed by atoms with E-state index in [-0.39, 0.29) is 17.2 Å². The van der Waals surface area contributed by atoms with E-state index in [2.05, 4.69) is 15.9 Å². The largest absolute Gasteiger partial charge is 0.508 e. The fraction of sp³-hybridized carbons (Fsp3) is 0. The van der Waals surface area contributed by atoms with E-state index in [0.717, 1.165) is 4.47 Å². The maximum absolute atomic E-state index is 12.1. The minimum absolute atomic E-state index is 0.0508. The molecule has 4 heteroatoms. The molecular formula is C13H10BrNO2. The van der Waals surface area contributed by atoms with E-state index in [9.17, 15) is 9.90 Å². The van der Waals surface area contributed by atoms with Gasteiger partial charge in [-0.3, -0.25) is 4.79 Å². The van der Waals surface area contributed by atoms with Crippen molar-refractivity contribution in [2.45, 2.75) is 0 Å². The van der Waals surface area contributed by atoms with E-state index in [1.807, 2.05) is 0 Å². The zero-order valence-electron chi connectivity index (χ0n) is 8.85. The van der Waals surface area contributed by atoms with Gasteiger partial charge in [-0.25, -0.2) is 0 Å². The Morgan fingerprint density at radius 3 is 2.35 bits per heavy atom. The number of aromatic hydroxyl groups is 1. The molecule has 0 bridgehead atoms. The van der Waals surface area contributed by atoms with Crippen LogP contribution in [0.25, 0.3) is 0 Å². The van der Waals surface area contributed by atoms with Crippen LogP contribution in [0.5, 0.6) is 5.75 Å². The van der Waals surface area contributed by atoms with E-state index >= 15 is 0 Å². The second kappa shape index (κ2) is 4.59. The van der Waals surface area contributed by atoms with Crippen molar-refractivity contribution in [1.29, 1.82) is 0 Å². The maximum atomic E-state index is 12.1. The number of carbonyl (C=O) groups excluding carboxylic acids is 1. The highest BCUT2D eigenvalue weighted by Crippen LogP contribution is 2.22. The molecule has 3 N–H and O–H groups in total. The maximum Gasteiger partial charge on any atom is 0.195 e. The molecular weight excluding hydrogens is 282 g/mol. The summed E-state index contributed by atoms with van der Waals surface area (Å²) in [6, 6.07) is 11.4. The van der Waals surface area contributed by atoms with Gasteiger partial charge in [-0.1, -0.05) is 15.9 Å². The Balaban J connectivity index is 2.40. The highest BCUT2D eigenvalue weighted by Gasteiger charge is 2.12. The highest BCUT2D eigenvalue weighted by molar-refractivity contribution is 9.10. The van der Waals surface area contributed by atoms with Crippen LogP contribution in [-0.4, -0.2) is 10.9 Å². The SMILES string of the molecule is Nc1cc(O)ccc1C(=O)c1ccc(Br)cc1. The van der Waals surface area contributed by atoms with Crippen LogP contribution < -0.4 is 5.73 Å². The van der Waals surface area contributed by atoms with Crippen molar-refractivity contribution in [1.82, 2.24) is 0 Å². The van der Waals surface area contributed by atoms with Crippen LogP contribution in [0.1, 0.15) is 15.9 Å². The molecule has 0 atom stereocenters. The number of halogens is 1. The number of hydrogen-bond acceptors (Lipinski definition) is 3. The lowest BCUT2D eigenvalue weighted by atomic mass is 10.0. The van der Waals surface area contributed by atoms with Crippen molar-refractivity contribution in [2.24, 2.45) is 0 Å². The van der Waals surface area contributed by atoms with Gasteiger partial charge in [0.05, 0.1) is 0 Å². The van der Waals surface area contributed by atoms with Gasteiger partial charge in [0.2, 0.25) is 0 Å². The van der Waals surface area contributed by atoms with Crippen molar-refractivity contribution in [2.75, 3.05) is 5.73 Å². The van der Waals surface area contributed by atoms with Gasteiger partial charge >= 0.3 is 0 Å². The monoisotopic (exact) mass is 291 g/mol. The Kier molecular flexibility index (Phi) is 3.15. The van der Waals surface area contributed by atoms with Crippen LogP contribution in [0.2, 0.25) is 0 Å². The molecule has 0 aliphatic heterocycles. The van der Waals surface area contributed by atoms with Crippen LogP contribution in [0, 0.1) is 0 Å². The third kappa shape index (κ3) is 2.47. The Morgan fingerprint density at radius 2 is 1.76 bits per heavy atom. The predicted molar refractivity (Wildman–Crippen MR) is 70.1 cm³/mol. The fourth-order valence-corrected chi connectivity index (χ4v) is 1.78. The standard InChI is InChI=1S/C13H10BrNO2/c14-9-3-1-8(2-4-9)13(17)11-6-5-10(16)7-12(11)15/h1-7,16H,15H2. The zero-order chi connectivity index (χ0) is 12.4. The van der Waals surface area contributed by atoms with Crippen LogP contribution in [0.4, 0.5) is 5.69 Å². The summed E-state index contributed by atoms with van der Waals surface area (Å²) in [4.78, 5) is 12.1. The van der Waals surface area contributed by atoms with Crippen LogP contribution in [0.3, 0.4) is 0 Å². The molecule has 0 aliphatic carbocycles. The molecule has 2 rings (SSSR count). The molecule has 0 spiro atoms. The second-order valence-electron chi connectivity index (χ2n) is 3.61. The quantitative estimate of drug-likeness (QED) is 0.660. The highest BCUT2D eigenvalue weighted by atomic mass is 79.9. The normalized spacial score (nSPS) is 10.2. The molecule has 0 heterocycles. The molecule has 17 heavy (non-hydrogen) atoms. The summed E-state index contributed by atoms with van der Waals surface area (Å²) < 4.78 is 0.910. The van der Waals surface area contributed by atoms with Gasteiger partial charge in [-0.2, -0.15) is 0 Å². The first-order chi connectivity index (χ1) is 8.08. The third-order valence-corrected chi connectivity index (χ3v) is 2.91. The molecule has 2 aromatic carbocycles. The number of nitrogens with two attached hydrogens (primary N) is 1. The number of phenolic OH excluding ortho intramolecular Hbond substituents is 1. The topological polar surface area (TPSA) is 63.3 Å². The van der Waals surface area contributed by atoms with Gasteiger partial charge in [-0.15, -0.1) is 0 Å². The van der Waals surface area contributed by atoms with Gasteiger partial charge in [0.1, 0.15) is 5.75 Å². The lowest BCUT2D eigenvalue weighted by Gasteiger charge is -2.05. The molecule has 0 unspecified atom stereocenters. The first-order valence-corrected chi connectivity index (χ1v) is 5.76. The minimum atomic E-state index is -0.157. The van der Waals surface area contributed by atoms with Gasteiger partial charge < -0.3 is 10.8 Å². The molecule has 0 fully saturated rings. The van der Waals surface area contributed by atoms with Crippen molar-refractivity contribution in [3.63, 3.8) is 0 Å². The summed E-state index contributed by atoms with van der Waals surface area (Å²) in [5, 5.41) is 9.23. The smallest absolute Gasteiger partial charge is 0.195 e. The summed E-state index contributed by atoms with van der Waals surface area (Å²) in [5.41, 5.74) is 6.93. The average Bonchev–Trinajstić information content (AvgIpc) is 2.29. The average molecular weight is 292 g/mol. The number of ketones is 1. The summed E-state index contributed by atoms with van der Waals surface area (Å²) in [6.45, 7) is 0. The molecule has 0 amide bonds. The summed E-state index contributed by atoms with van der Waals surface area (Å²) in [6.07, 6.45) is 0.